The number of nitrogens with one attached hydrogen (secondary N) is 1. The molecule has 1 fully saturated rings. The molecule has 0 aromatic carbocycles. The van der Waals surface area contributed by atoms with Crippen LogP contribution in [0, 0.1) is 0 Å². The molecular weight excluding hydrogens is 294 g/mol. The summed E-state index contributed by atoms with van der Waals surface area (Å²) < 4.78 is 2.53. The zero-order valence-electron chi connectivity index (χ0n) is 12.4. The zero-order chi connectivity index (χ0) is 14.4. The van der Waals surface area contributed by atoms with Crippen LogP contribution in [0.4, 0.5) is 0 Å². The molecule has 1 saturated heterocycles. The van der Waals surface area contributed by atoms with Gasteiger partial charge in [-0.1, -0.05) is 0 Å². The fraction of sp³-hybridized carbons (Fsp3) is 0.615. The summed E-state index contributed by atoms with van der Waals surface area (Å²) >= 11 is 0. The number of aromatic amines is 1. The molecule has 1 aliphatic heterocycles. The minimum atomic E-state index is -0.344. The minimum absolute atomic E-state index is 0. The largest absolute Gasteiger partial charge is 0.336 e. The van der Waals surface area contributed by atoms with Gasteiger partial charge in [0, 0.05) is 20.0 Å². The summed E-state index contributed by atoms with van der Waals surface area (Å²) in [4.78, 5) is 33.9. The van der Waals surface area contributed by atoms with Crippen molar-refractivity contribution < 1.29 is 0 Å². The number of imidazole rings is 1. The number of aryl methyl sites for hydroxylation is 1. The van der Waals surface area contributed by atoms with Gasteiger partial charge in [0.2, 0.25) is 0 Å². The van der Waals surface area contributed by atoms with Gasteiger partial charge in [-0.05, 0) is 33.0 Å². The van der Waals surface area contributed by atoms with E-state index in [1.54, 1.807) is 7.05 Å². The second-order valence-electron chi connectivity index (χ2n) is 5.60. The number of H-pyrrole nitrogens is 1. The van der Waals surface area contributed by atoms with Crippen molar-refractivity contribution in [2.24, 2.45) is 14.1 Å². The summed E-state index contributed by atoms with van der Waals surface area (Å²) in [5.41, 5.74) is 0.217. The van der Waals surface area contributed by atoms with Crippen LogP contribution in [0.15, 0.2) is 9.59 Å². The number of hydrogen-bond acceptors (Lipinski definition) is 4. The van der Waals surface area contributed by atoms with Crippen LogP contribution in [0.25, 0.3) is 11.2 Å². The van der Waals surface area contributed by atoms with E-state index in [0.717, 1.165) is 36.3 Å². The number of halogens is 1. The number of piperidine rings is 1. The van der Waals surface area contributed by atoms with Crippen molar-refractivity contribution in [3.63, 3.8) is 0 Å². The molecule has 7 nitrogen and oxygen atoms in total. The van der Waals surface area contributed by atoms with Crippen LogP contribution >= 0.6 is 12.4 Å². The second kappa shape index (κ2) is 5.65. The number of rotatable bonds is 1. The molecule has 2 aromatic heterocycles. The molecular formula is C13H20ClN5O2. The van der Waals surface area contributed by atoms with Gasteiger partial charge in [-0.2, -0.15) is 0 Å². The van der Waals surface area contributed by atoms with Crippen molar-refractivity contribution in [3.8, 4) is 0 Å². The second-order valence-corrected chi connectivity index (χ2v) is 5.60. The molecule has 8 heteroatoms. The fourth-order valence-electron chi connectivity index (χ4n) is 2.82. The normalized spacial score (nSPS) is 17.1. The number of hydrogen-bond donors (Lipinski definition) is 1. The maximum atomic E-state index is 12.1. The average Bonchev–Trinajstić information content (AvgIpc) is 2.89. The van der Waals surface area contributed by atoms with E-state index in [-0.39, 0.29) is 23.7 Å². The molecule has 0 radical (unpaired) electrons. The third-order valence-corrected chi connectivity index (χ3v) is 4.22. The highest BCUT2D eigenvalue weighted by Gasteiger charge is 2.23. The van der Waals surface area contributed by atoms with Gasteiger partial charge in [0.1, 0.15) is 11.3 Å². The average molecular weight is 314 g/mol. The summed E-state index contributed by atoms with van der Waals surface area (Å²) in [5, 5.41) is 0. The number of nitrogens with zero attached hydrogens (tertiary/aromatic N) is 4. The molecule has 0 amide bonds. The summed E-state index contributed by atoms with van der Waals surface area (Å²) in [6.07, 6.45) is 2.04. The Labute approximate surface area is 128 Å². The quantitative estimate of drug-likeness (QED) is 0.815. The maximum Gasteiger partial charge on any atom is 0.332 e. The molecule has 0 atom stereocenters. The summed E-state index contributed by atoms with van der Waals surface area (Å²) in [7, 11) is 5.23. The monoisotopic (exact) mass is 313 g/mol. The molecule has 0 aliphatic carbocycles. The van der Waals surface area contributed by atoms with E-state index >= 15 is 0 Å². The lowest BCUT2D eigenvalue weighted by atomic mass is 9.97. The van der Waals surface area contributed by atoms with Gasteiger partial charge in [-0.15, -0.1) is 12.4 Å². The van der Waals surface area contributed by atoms with Crippen LogP contribution < -0.4 is 11.2 Å². The van der Waals surface area contributed by atoms with Gasteiger partial charge in [0.15, 0.2) is 5.65 Å². The standard InChI is InChI=1S/C13H19N5O2.ClH/c1-16-6-4-8(5-7-16)10-14-9-11(15-10)17(2)13(20)18(3)12(9)19;/h8H,4-7H2,1-3H3,(H,14,15);1H. The molecule has 2 aromatic rings. The van der Waals surface area contributed by atoms with Gasteiger partial charge in [0.05, 0.1) is 0 Å². The number of fused-ring (bicyclic) bond motifs is 1. The first-order chi connectivity index (χ1) is 9.49. The van der Waals surface area contributed by atoms with Crippen LogP contribution in [-0.2, 0) is 14.1 Å². The number of likely N-dealkylation sites (tertiary alicyclic amines) is 1. The Morgan fingerprint density at radius 2 is 1.71 bits per heavy atom. The molecule has 116 valence electrons. The van der Waals surface area contributed by atoms with Crippen LogP contribution in [0.2, 0.25) is 0 Å². The van der Waals surface area contributed by atoms with Crippen LogP contribution in [-0.4, -0.2) is 44.1 Å². The summed E-state index contributed by atoms with van der Waals surface area (Å²) in [6.45, 7) is 2.05. The molecule has 0 bridgehead atoms. The fourth-order valence-corrected chi connectivity index (χ4v) is 2.82. The smallest absolute Gasteiger partial charge is 0.332 e. The lowest BCUT2D eigenvalue weighted by Gasteiger charge is -2.27. The predicted molar refractivity (Wildman–Crippen MR) is 83.3 cm³/mol. The Bertz CT molecular complexity index is 767. The third kappa shape index (κ3) is 2.51. The lowest BCUT2D eigenvalue weighted by molar-refractivity contribution is 0.252. The molecule has 21 heavy (non-hydrogen) atoms. The lowest BCUT2D eigenvalue weighted by Crippen LogP contribution is -2.36. The van der Waals surface area contributed by atoms with E-state index in [1.165, 1.54) is 11.6 Å². The van der Waals surface area contributed by atoms with Gasteiger partial charge >= 0.3 is 5.69 Å². The number of aromatic nitrogens is 4. The third-order valence-electron chi connectivity index (χ3n) is 4.22. The first-order valence-corrected chi connectivity index (χ1v) is 6.83. The summed E-state index contributed by atoms with van der Waals surface area (Å²) in [5.74, 6) is 1.16. The molecule has 3 heterocycles. The highest BCUT2D eigenvalue weighted by Crippen LogP contribution is 2.25. The highest BCUT2D eigenvalue weighted by atomic mass is 35.5. The zero-order valence-corrected chi connectivity index (χ0v) is 13.2. The van der Waals surface area contributed by atoms with Crippen molar-refractivity contribution in [1.82, 2.24) is 24.0 Å². The molecule has 0 unspecified atom stereocenters. The van der Waals surface area contributed by atoms with Gasteiger partial charge < -0.3 is 9.88 Å². The molecule has 1 N–H and O–H groups in total. The molecule has 1 aliphatic rings. The molecule has 3 rings (SSSR count). The predicted octanol–water partition coefficient (Wildman–Crippen LogP) is 0.191. The van der Waals surface area contributed by atoms with E-state index in [4.69, 9.17) is 0 Å². The Hall–Kier alpha value is -1.60. The van der Waals surface area contributed by atoms with Gasteiger partial charge in [-0.25, -0.2) is 9.78 Å². The summed E-state index contributed by atoms with van der Waals surface area (Å²) in [6, 6.07) is 0. The van der Waals surface area contributed by atoms with Crippen LogP contribution in [0.5, 0.6) is 0 Å². The minimum Gasteiger partial charge on any atom is -0.336 e. The van der Waals surface area contributed by atoms with Crippen molar-refractivity contribution in [1.29, 1.82) is 0 Å². The van der Waals surface area contributed by atoms with E-state index < -0.39 is 0 Å². The maximum absolute atomic E-state index is 12.1. The topological polar surface area (TPSA) is 75.9 Å². The van der Waals surface area contributed by atoms with Crippen molar-refractivity contribution >= 4 is 23.6 Å². The van der Waals surface area contributed by atoms with E-state index in [2.05, 4.69) is 21.9 Å². The van der Waals surface area contributed by atoms with Crippen LogP contribution in [0.3, 0.4) is 0 Å². The molecule has 0 saturated carbocycles. The van der Waals surface area contributed by atoms with Gasteiger partial charge in [0.25, 0.3) is 5.56 Å². The van der Waals surface area contributed by atoms with Crippen LogP contribution in [0.1, 0.15) is 24.6 Å². The van der Waals surface area contributed by atoms with Crippen molar-refractivity contribution in [2.75, 3.05) is 20.1 Å². The Morgan fingerprint density at radius 1 is 1.10 bits per heavy atom. The van der Waals surface area contributed by atoms with Crippen molar-refractivity contribution in [3.05, 3.63) is 26.7 Å². The first kappa shape index (κ1) is 15.8. The van der Waals surface area contributed by atoms with E-state index in [1.807, 2.05) is 0 Å². The SMILES string of the molecule is CN1CCC(c2nc3c([nH]2)c(=O)n(C)c(=O)n3C)CC1.Cl. The Morgan fingerprint density at radius 3 is 2.33 bits per heavy atom. The first-order valence-electron chi connectivity index (χ1n) is 6.83. The Kier molecular flexibility index (Phi) is 4.25. The Balaban J connectivity index is 0.00000161. The molecule has 0 spiro atoms. The van der Waals surface area contributed by atoms with E-state index in [0.29, 0.717) is 17.1 Å². The van der Waals surface area contributed by atoms with E-state index in [9.17, 15) is 9.59 Å². The van der Waals surface area contributed by atoms with Crippen molar-refractivity contribution in [2.45, 2.75) is 18.8 Å². The van der Waals surface area contributed by atoms with Gasteiger partial charge in [-0.3, -0.25) is 13.9 Å². The highest BCUT2D eigenvalue weighted by molar-refractivity contribution is 5.85.